The third-order valence-electron chi connectivity index (χ3n) is 2.41. The minimum Gasteiger partial charge on any atom is -0.378 e. The maximum absolute atomic E-state index is 11.9. The first-order valence-electron chi connectivity index (χ1n) is 5.26. The predicted octanol–water partition coefficient (Wildman–Crippen LogP) is 3.71. The third-order valence-corrected chi connectivity index (χ3v) is 5.40. The molecule has 1 aromatic heterocycles. The Kier molecular flexibility index (Phi) is 5.15. The Bertz CT molecular complexity index is 673. The molecular weight excluding hydrogens is 491 g/mol. The van der Waals surface area contributed by atoms with Crippen molar-refractivity contribution in [1.82, 2.24) is 9.97 Å². The van der Waals surface area contributed by atoms with Crippen LogP contribution >= 0.6 is 54.5 Å². The highest BCUT2D eigenvalue weighted by atomic mass is 127. The molecule has 1 N–H and O–H groups in total. The molecule has 0 saturated carbocycles. The Morgan fingerprint density at radius 2 is 2.11 bits per heavy atom. The lowest BCUT2D eigenvalue weighted by Gasteiger charge is -2.07. The van der Waals surface area contributed by atoms with Crippen molar-refractivity contribution in [2.45, 2.75) is 6.61 Å². The van der Waals surface area contributed by atoms with Gasteiger partial charge in [0.2, 0.25) is 0 Å². The van der Waals surface area contributed by atoms with Crippen molar-refractivity contribution in [2.24, 2.45) is 0 Å². The minimum atomic E-state index is -0.156. The van der Waals surface area contributed by atoms with E-state index in [0.717, 1.165) is 14.5 Å². The summed E-state index contributed by atoms with van der Waals surface area (Å²) < 4.78 is 7.46. The number of ether oxygens (including phenoxy) is 1. The summed E-state index contributed by atoms with van der Waals surface area (Å²) in [5.74, 6) is 0.533. The lowest BCUT2D eigenvalue weighted by atomic mass is 10.2. The number of benzene rings is 1. The summed E-state index contributed by atoms with van der Waals surface area (Å²) in [5.41, 5.74) is 1.32. The fourth-order valence-corrected chi connectivity index (χ4v) is 2.55. The van der Waals surface area contributed by atoms with Gasteiger partial charge in [-0.3, -0.25) is 4.79 Å². The molecule has 0 radical (unpaired) electrons. The molecule has 0 amide bonds. The van der Waals surface area contributed by atoms with Crippen molar-refractivity contribution in [3.8, 4) is 11.4 Å². The van der Waals surface area contributed by atoms with Gasteiger partial charge in [0, 0.05) is 21.6 Å². The van der Waals surface area contributed by atoms with E-state index in [0.29, 0.717) is 21.7 Å². The summed E-state index contributed by atoms with van der Waals surface area (Å²) in [7, 11) is 1.58. The summed E-state index contributed by atoms with van der Waals surface area (Å²) in [6.07, 6.45) is 0. The van der Waals surface area contributed by atoms with E-state index >= 15 is 0 Å². The van der Waals surface area contributed by atoms with Crippen LogP contribution in [0.3, 0.4) is 0 Å². The van der Waals surface area contributed by atoms with Gasteiger partial charge in [0.25, 0.3) is 5.56 Å². The summed E-state index contributed by atoms with van der Waals surface area (Å²) in [6, 6.07) is 5.68. The van der Waals surface area contributed by atoms with Crippen LogP contribution in [0.5, 0.6) is 0 Å². The highest BCUT2D eigenvalue weighted by Gasteiger charge is 2.11. The molecule has 0 aliphatic carbocycles. The highest BCUT2D eigenvalue weighted by Crippen LogP contribution is 2.27. The van der Waals surface area contributed by atoms with Crippen LogP contribution in [0.1, 0.15) is 5.69 Å². The minimum absolute atomic E-state index is 0.156. The Morgan fingerprint density at radius 1 is 1.37 bits per heavy atom. The van der Waals surface area contributed by atoms with Gasteiger partial charge in [0.15, 0.2) is 0 Å². The van der Waals surface area contributed by atoms with Crippen LogP contribution in [0.15, 0.2) is 31.9 Å². The van der Waals surface area contributed by atoms with Gasteiger partial charge >= 0.3 is 0 Å². The van der Waals surface area contributed by atoms with E-state index < -0.39 is 0 Å². The number of hydrogen-bond acceptors (Lipinski definition) is 3. The number of aromatic amines is 1. The molecule has 1 heterocycles. The van der Waals surface area contributed by atoms with Crippen molar-refractivity contribution in [1.29, 1.82) is 0 Å². The molecular formula is C12H9Br2IN2O2. The Hall–Kier alpha value is -0.250. The molecule has 0 aliphatic heterocycles. The number of hydrogen-bond donors (Lipinski definition) is 1. The summed E-state index contributed by atoms with van der Waals surface area (Å²) in [4.78, 5) is 19.1. The van der Waals surface area contributed by atoms with Crippen LogP contribution in [-0.4, -0.2) is 17.1 Å². The summed E-state index contributed by atoms with van der Waals surface area (Å²) >= 11 is 8.81. The van der Waals surface area contributed by atoms with Gasteiger partial charge in [-0.2, -0.15) is 0 Å². The number of nitrogens with zero attached hydrogens (tertiary/aromatic N) is 1. The number of rotatable bonds is 3. The van der Waals surface area contributed by atoms with Gasteiger partial charge in [0.1, 0.15) is 9.39 Å². The van der Waals surface area contributed by atoms with E-state index in [1.807, 2.05) is 40.8 Å². The second-order valence-electron chi connectivity index (χ2n) is 3.74. The first-order chi connectivity index (χ1) is 9.02. The monoisotopic (exact) mass is 498 g/mol. The Balaban J connectivity index is 2.56. The van der Waals surface area contributed by atoms with E-state index in [4.69, 9.17) is 4.74 Å². The first kappa shape index (κ1) is 15.1. The van der Waals surface area contributed by atoms with Crippen molar-refractivity contribution in [2.75, 3.05) is 7.11 Å². The maximum Gasteiger partial charge on any atom is 0.264 e. The van der Waals surface area contributed by atoms with Crippen LogP contribution < -0.4 is 5.56 Å². The van der Waals surface area contributed by atoms with Crippen LogP contribution in [0.2, 0.25) is 0 Å². The van der Waals surface area contributed by atoms with E-state index in [9.17, 15) is 4.79 Å². The molecule has 19 heavy (non-hydrogen) atoms. The van der Waals surface area contributed by atoms with E-state index in [-0.39, 0.29) is 5.56 Å². The number of methoxy groups -OCH3 is 1. The number of H-pyrrole nitrogens is 1. The Morgan fingerprint density at radius 3 is 2.74 bits per heavy atom. The second-order valence-corrected chi connectivity index (χ2v) is 6.52. The quantitative estimate of drug-likeness (QED) is 0.655. The molecule has 0 fully saturated rings. The largest absolute Gasteiger partial charge is 0.378 e. The molecule has 100 valence electrons. The lowest BCUT2D eigenvalue weighted by Crippen LogP contribution is -2.16. The SMILES string of the molecule is COCc1nc(-c2ccc(Br)c(Br)c2)[nH]c(=O)c1I. The van der Waals surface area contributed by atoms with Crippen molar-refractivity contribution in [3.63, 3.8) is 0 Å². The zero-order chi connectivity index (χ0) is 14.0. The fourth-order valence-electron chi connectivity index (χ4n) is 1.52. The molecule has 2 aromatic rings. The van der Waals surface area contributed by atoms with Gasteiger partial charge in [-0.05, 0) is 66.6 Å². The number of halogens is 3. The van der Waals surface area contributed by atoms with Crippen molar-refractivity contribution < 1.29 is 4.74 Å². The molecule has 7 heteroatoms. The molecule has 0 atom stereocenters. The highest BCUT2D eigenvalue weighted by molar-refractivity contribution is 14.1. The first-order valence-corrected chi connectivity index (χ1v) is 7.92. The maximum atomic E-state index is 11.9. The predicted molar refractivity (Wildman–Crippen MR) is 89.1 cm³/mol. The van der Waals surface area contributed by atoms with Gasteiger partial charge < -0.3 is 9.72 Å². The molecule has 0 spiro atoms. The molecule has 0 bridgehead atoms. The van der Waals surface area contributed by atoms with Crippen molar-refractivity contribution in [3.05, 3.63) is 46.8 Å². The van der Waals surface area contributed by atoms with Crippen LogP contribution in [0, 0.1) is 3.57 Å². The average Bonchev–Trinajstić information content (AvgIpc) is 2.38. The standard InChI is InChI=1S/C12H9Br2IN2O2/c1-19-5-9-10(15)12(18)17-11(16-9)6-2-3-7(13)8(14)4-6/h2-4H,5H2,1H3,(H,16,17,18). The van der Waals surface area contributed by atoms with Crippen LogP contribution in [0.4, 0.5) is 0 Å². The van der Waals surface area contributed by atoms with Crippen LogP contribution in [-0.2, 0) is 11.3 Å². The van der Waals surface area contributed by atoms with E-state index in [1.54, 1.807) is 7.11 Å². The molecule has 0 unspecified atom stereocenters. The second kappa shape index (κ2) is 6.47. The van der Waals surface area contributed by atoms with Gasteiger partial charge in [-0.15, -0.1) is 0 Å². The van der Waals surface area contributed by atoms with E-state index in [2.05, 4.69) is 41.8 Å². The van der Waals surface area contributed by atoms with Gasteiger partial charge in [-0.25, -0.2) is 4.98 Å². The van der Waals surface area contributed by atoms with Gasteiger partial charge in [-0.1, -0.05) is 6.07 Å². The topological polar surface area (TPSA) is 55.0 Å². The van der Waals surface area contributed by atoms with E-state index in [1.165, 1.54) is 0 Å². The molecule has 1 aromatic carbocycles. The molecule has 4 nitrogen and oxygen atoms in total. The van der Waals surface area contributed by atoms with Crippen LogP contribution in [0.25, 0.3) is 11.4 Å². The van der Waals surface area contributed by atoms with Gasteiger partial charge in [0.05, 0.1) is 12.3 Å². The molecule has 2 rings (SSSR count). The smallest absolute Gasteiger partial charge is 0.264 e. The lowest BCUT2D eigenvalue weighted by molar-refractivity contribution is 0.180. The molecule has 0 aliphatic rings. The number of nitrogens with one attached hydrogen (secondary N) is 1. The van der Waals surface area contributed by atoms with Crippen molar-refractivity contribution >= 4 is 54.5 Å². The summed E-state index contributed by atoms with van der Waals surface area (Å²) in [6.45, 7) is 0.312. The number of aromatic nitrogens is 2. The Labute approximate surface area is 140 Å². The normalized spacial score (nSPS) is 10.7. The molecule has 0 saturated heterocycles. The third kappa shape index (κ3) is 3.45. The zero-order valence-electron chi connectivity index (χ0n) is 9.84. The summed E-state index contributed by atoms with van der Waals surface area (Å²) in [5, 5.41) is 0. The average molecular weight is 500 g/mol. The fraction of sp³-hybridized carbons (Fsp3) is 0.167. The zero-order valence-corrected chi connectivity index (χ0v) is 15.2.